The Bertz CT molecular complexity index is 1190. The topological polar surface area (TPSA) is 26.3 Å². The van der Waals surface area contributed by atoms with Crippen molar-refractivity contribution in [1.82, 2.24) is 0 Å². The average Bonchev–Trinajstić information content (AvgIpc) is 3.44. The second kappa shape index (κ2) is 8.23. The maximum Gasteiger partial charge on any atom is 0.416 e. The van der Waals surface area contributed by atoms with Crippen molar-refractivity contribution < 1.29 is 22.7 Å². The zero-order valence-electron chi connectivity index (χ0n) is 19.7. The molecule has 5 atom stereocenters. The Morgan fingerprint density at radius 1 is 1.03 bits per heavy atom. The number of ketones is 1. The summed E-state index contributed by atoms with van der Waals surface area (Å²) in [6, 6.07) is 7.82. The summed E-state index contributed by atoms with van der Waals surface area (Å²) in [5.74, 6) is -0.543. The normalized spacial score (nSPS) is 28.2. The van der Waals surface area contributed by atoms with E-state index in [0.29, 0.717) is 17.0 Å². The van der Waals surface area contributed by atoms with Crippen LogP contribution in [0.4, 0.5) is 13.2 Å². The van der Waals surface area contributed by atoms with E-state index in [9.17, 15) is 18.0 Å². The summed E-state index contributed by atoms with van der Waals surface area (Å²) in [6.45, 7) is 8.29. The van der Waals surface area contributed by atoms with Gasteiger partial charge in [0, 0.05) is 22.4 Å². The van der Waals surface area contributed by atoms with E-state index >= 15 is 0 Å². The third kappa shape index (κ3) is 3.46. The summed E-state index contributed by atoms with van der Waals surface area (Å²) in [5.41, 5.74) is 6.15. The molecule has 2 aromatic carbocycles. The van der Waals surface area contributed by atoms with Crippen LogP contribution >= 0.6 is 11.6 Å². The number of benzene rings is 2. The Morgan fingerprint density at radius 3 is 2.26 bits per heavy atom. The minimum atomic E-state index is -4.44. The third-order valence-electron chi connectivity index (χ3n) is 7.98. The van der Waals surface area contributed by atoms with Crippen LogP contribution in [0.15, 0.2) is 35.9 Å². The van der Waals surface area contributed by atoms with Gasteiger partial charge in [0.15, 0.2) is 5.78 Å². The minimum absolute atomic E-state index is 0.122. The molecule has 2 bridgehead atoms. The number of carbonyl (C=O) groups is 1. The fourth-order valence-corrected chi connectivity index (χ4v) is 6.82. The second-order valence-corrected chi connectivity index (χ2v) is 10.3. The van der Waals surface area contributed by atoms with Crippen LogP contribution in [-0.4, -0.2) is 18.0 Å². The van der Waals surface area contributed by atoms with Crippen molar-refractivity contribution in [3.8, 4) is 0 Å². The molecule has 6 heteroatoms. The Kier molecular flexibility index (Phi) is 5.72. The van der Waals surface area contributed by atoms with Crippen LogP contribution in [0.5, 0.6) is 0 Å². The van der Waals surface area contributed by atoms with E-state index in [2.05, 4.69) is 32.9 Å². The highest BCUT2D eigenvalue weighted by Crippen LogP contribution is 2.59. The van der Waals surface area contributed by atoms with Crippen molar-refractivity contribution in [2.24, 2.45) is 11.8 Å². The number of hydrogen-bond acceptors (Lipinski definition) is 2. The van der Waals surface area contributed by atoms with E-state index in [0.717, 1.165) is 41.7 Å². The molecule has 2 aliphatic heterocycles. The highest BCUT2D eigenvalue weighted by Gasteiger charge is 2.61. The molecule has 2 heterocycles. The molecule has 0 spiro atoms. The van der Waals surface area contributed by atoms with E-state index in [-0.39, 0.29) is 35.7 Å². The number of fused-ring (bicyclic) bond motifs is 5. The van der Waals surface area contributed by atoms with Gasteiger partial charge in [0.25, 0.3) is 0 Å². The quantitative estimate of drug-likeness (QED) is 0.450. The van der Waals surface area contributed by atoms with Crippen LogP contribution in [0, 0.1) is 18.8 Å². The van der Waals surface area contributed by atoms with E-state index in [1.165, 1.54) is 22.8 Å². The molecule has 3 aliphatic rings. The minimum Gasteiger partial charge on any atom is -0.373 e. The summed E-state index contributed by atoms with van der Waals surface area (Å²) >= 11 is 6.39. The summed E-state index contributed by atoms with van der Waals surface area (Å²) in [6.07, 6.45) is -2.92. The fourth-order valence-electron chi connectivity index (χ4n) is 6.56. The van der Waals surface area contributed by atoms with Crippen molar-refractivity contribution in [3.05, 3.63) is 74.3 Å². The van der Waals surface area contributed by atoms with Crippen molar-refractivity contribution in [1.29, 1.82) is 0 Å². The molecular weight excluding hydrogens is 461 g/mol. The number of aryl methyl sites for hydroxylation is 3. The molecule has 34 heavy (non-hydrogen) atoms. The number of rotatable bonds is 4. The van der Waals surface area contributed by atoms with Gasteiger partial charge in [-0.15, -0.1) is 0 Å². The molecule has 2 nitrogen and oxygen atoms in total. The van der Waals surface area contributed by atoms with Gasteiger partial charge in [0.2, 0.25) is 0 Å². The van der Waals surface area contributed by atoms with Gasteiger partial charge < -0.3 is 4.74 Å². The first-order valence-corrected chi connectivity index (χ1v) is 12.3. The summed E-state index contributed by atoms with van der Waals surface area (Å²) in [4.78, 5) is 13.8. The van der Waals surface area contributed by atoms with Gasteiger partial charge in [-0.3, -0.25) is 4.79 Å². The number of carbonyl (C=O) groups excluding carboxylic acids is 1. The molecule has 2 saturated heterocycles. The van der Waals surface area contributed by atoms with Gasteiger partial charge in [0.05, 0.1) is 23.7 Å². The van der Waals surface area contributed by atoms with Crippen molar-refractivity contribution in [3.63, 3.8) is 0 Å². The monoisotopic (exact) mass is 488 g/mol. The van der Waals surface area contributed by atoms with Crippen LogP contribution in [-0.2, 0) is 28.5 Å². The maximum absolute atomic E-state index is 13.8. The van der Waals surface area contributed by atoms with E-state index in [1.807, 2.05) is 6.92 Å². The zero-order chi connectivity index (χ0) is 24.5. The lowest BCUT2D eigenvalue weighted by atomic mass is 9.71. The van der Waals surface area contributed by atoms with Gasteiger partial charge in [-0.1, -0.05) is 48.7 Å². The SMILES string of the molecule is CCc1cc(C)cc(CC)c1C1=C(C)[C@@H]2C3OC(CC3c3cc(C(F)(F)F)ccc3Cl)[C@@H]2C1=O. The lowest BCUT2D eigenvalue weighted by Crippen LogP contribution is -2.33. The molecule has 0 saturated carbocycles. The number of alkyl halides is 3. The van der Waals surface area contributed by atoms with E-state index in [4.69, 9.17) is 16.3 Å². The Labute approximate surface area is 203 Å². The van der Waals surface area contributed by atoms with Gasteiger partial charge in [0.1, 0.15) is 0 Å². The first kappa shape index (κ1) is 23.6. The maximum atomic E-state index is 13.8. The average molecular weight is 489 g/mol. The molecule has 3 unspecified atom stereocenters. The molecule has 180 valence electrons. The van der Waals surface area contributed by atoms with Gasteiger partial charge in [-0.25, -0.2) is 0 Å². The summed E-state index contributed by atoms with van der Waals surface area (Å²) < 4.78 is 46.4. The van der Waals surface area contributed by atoms with E-state index in [1.54, 1.807) is 0 Å². The predicted molar refractivity (Wildman–Crippen MR) is 127 cm³/mol. The highest BCUT2D eigenvalue weighted by molar-refractivity contribution is 6.31. The highest BCUT2D eigenvalue weighted by atomic mass is 35.5. The lowest BCUT2D eigenvalue weighted by Gasteiger charge is -2.29. The first-order chi connectivity index (χ1) is 16.1. The molecule has 0 radical (unpaired) electrons. The zero-order valence-corrected chi connectivity index (χ0v) is 20.5. The molecule has 0 N–H and O–H groups in total. The first-order valence-electron chi connectivity index (χ1n) is 12.0. The number of hydrogen-bond donors (Lipinski definition) is 0. The molecule has 1 aliphatic carbocycles. The third-order valence-corrected chi connectivity index (χ3v) is 8.32. The van der Waals surface area contributed by atoms with Gasteiger partial charge in [-0.2, -0.15) is 13.2 Å². The van der Waals surface area contributed by atoms with Crippen molar-refractivity contribution in [2.75, 3.05) is 0 Å². The second-order valence-electron chi connectivity index (χ2n) is 9.85. The number of ether oxygens (including phenoxy) is 1. The standard InChI is InChI=1S/C28H28ClF3O2/c1-5-15-9-13(3)10-16(6-2)24(15)22-14(4)23-25(26(22)33)21-12-19(27(23)34-21)18-11-17(28(30,31)32)7-8-20(18)29/h7-11,19,21,23,25,27H,5-6,12H2,1-4H3/t19?,21?,23-,25-,27?/m0/s1. The fraction of sp³-hybridized carbons (Fsp3) is 0.464. The van der Waals surface area contributed by atoms with Crippen LogP contribution in [0.1, 0.15) is 66.5 Å². The van der Waals surface area contributed by atoms with Crippen LogP contribution in [0.25, 0.3) is 5.57 Å². The Balaban J connectivity index is 1.59. The van der Waals surface area contributed by atoms with E-state index < -0.39 is 11.7 Å². The smallest absolute Gasteiger partial charge is 0.373 e. The van der Waals surface area contributed by atoms with Crippen LogP contribution in [0.2, 0.25) is 5.02 Å². The molecular formula is C28H28ClF3O2. The number of allylic oxidation sites excluding steroid dienone is 1. The van der Waals surface area contributed by atoms with Gasteiger partial charge >= 0.3 is 6.18 Å². The Morgan fingerprint density at radius 2 is 1.68 bits per heavy atom. The molecule has 0 amide bonds. The number of Topliss-reactive ketones (excluding diaryl/α,β-unsaturated/α-hetero) is 1. The molecule has 2 aromatic rings. The van der Waals surface area contributed by atoms with Crippen LogP contribution in [0.3, 0.4) is 0 Å². The lowest BCUT2D eigenvalue weighted by molar-refractivity contribution is -0.137. The van der Waals surface area contributed by atoms with Crippen molar-refractivity contribution in [2.45, 2.75) is 71.3 Å². The number of halogens is 4. The van der Waals surface area contributed by atoms with Crippen molar-refractivity contribution >= 4 is 23.0 Å². The summed E-state index contributed by atoms with van der Waals surface area (Å²) in [5, 5.41) is 0.317. The largest absolute Gasteiger partial charge is 0.416 e. The predicted octanol–water partition coefficient (Wildman–Crippen LogP) is 7.34. The molecule has 5 rings (SSSR count). The Hall–Kier alpha value is -2.11. The van der Waals surface area contributed by atoms with Gasteiger partial charge in [-0.05, 0) is 73.6 Å². The van der Waals surface area contributed by atoms with Crippen LogP contribution < -0.4 is 0 Å². The molecule has 2 fully saturated rings. The molecule has 0 aromatic heterocycles. The summed E-state index contributed by atoms with van der Waals surface area (Å²) in [7, 11) is 0.